The average molecular weight is 681 g/mol. The van der Waals surface area contributed by atoms with Crippen LogP contribution < -0.4 is 0 Å². The van der Waals surface area contributed by atoms with Crippen molar-refractivity contribution in [1.29, 1.82) is 0 Å². The van der Waals surface area contributed by atoms with E-state index in [0.717, 1.165) is 0 Å². The zero-order chi connectivity index (χ0) is 35.3. The molecule has 0 aliphatic heterocycles. The summed E-state index contributed by atoms with van der Waals surface area (Å²) in [7, 11) is 0. The molecule has 0 nitrogen and oxygen atoms in total. The lowest BCUT2D eigenvalue weighted by Gasteiger charge is -2.13. The van der Waals surface area contributed by atoms with Crippen molar-refractivity contribution in [3.63, 3.8) is 0 Å². The second-order valence-corrected chi connectivity index (χ2v) is 14.8. The first kappa shape index (κ1) is 29.5. The van der Waals surface area contributed by atoms with Crippen molar-refractivity contribution in [1.82, 2.24) is 0 Å². The van der Waals surface area contributed by atoms with E-state index in [1.807, 2.05) is 0 Å². The third-order valence-corrected chi connectivity index (χ3v) is 11.9. The van der Waals surface area contributed by atoms with Gasteiger partial charge < -0.3 is 0 Å². The molecule has 12 aromatic carbocycles. The molecule has 0 aliphatic rings. The van der Waals surface area contributed by atoms with Gasteiger partial charge in [-0.05, 0) is 156 Å². The van der Waals surface area contributed by atoms with Crippen LogP contribution in [-0.4, -0.2) is 0 Å². The van der Waals surface area contributed by atoms with Crippen LogP contribution in [-0.2, 0) is 0 Å². The molecule has 0 saturated carbocycles. The number of hydrogen-bond donors (Lipinski definition) is 0. The van der Waals surface area contributed by atoms with Crippen molar-refractivity contribution >= 4 is 75.4 Å². The molecule has 12 aromatic rings. The van der Waals surface area contributed by atoms with Gasteiger partial charge in [-0.3, -0.25) is 0 Å². The Labute approximate surface area is 312 Å². The highest BCUT2D eigenvalue weighted by atomic mass is 14.3. The van der Waals surface area contributed by atoms with Crippen LogP contribution in [0.3, 0.4) is 0 Å². The number of hydrogen-bond acceptors (Lipinski definition) is 0. The van der Waals surface area contributed by atoms with Crippen molar-refractivity contribution in [2.75, 3.05) is 0 Å². The summed E-state index contributed by atoms with van der Waals surface area (Å²) in [4.78, 5) is 0. The molecule has 0 aliphatic carbocycles. The van der Waals surface area contributed by atoms with Gasteiger partial charge in [0.2, 0.25) is 0 Å². The maximum absolute atomic E-state index is 2.52. The van der Waals surface area contributed by atoms with E-state index in [0.29, 0.717) is 0 Å². The van der Waals surface area contributed by atoms with Crippen LogP contribution in [0.15, 0.2) is 194 Å². The SMILES string of the molecule is c1ccc(-c2ccc3c(c2)c2cc4c(cc5c6cc(-c7ccccc7)ccc6c6c(-c7ccccc7)ccc4c56)c4cc(-c5ccccc5)cc3c24)cc1. The van der Waals surface area contributed by atoms with E-state index in [-0.39, 0.29) is 0 Å². The lowest BCUT2D eigenvalue weighted by atomic mass is 9.89. The molecule has 0 bridgehead atoms. The van der Waals surface area contributed by atoms with Gasteiger partial charge in [0, 0.05) is 0 Å². The van der Waals surface area contributed by atoms with Crippen molar-refractivity contribution in [2.45, 2.75) is 0 Å². The van der Waals surface area contributed by atoms with Gasteiger partial charge in [-0.15, -0.1) is 0 Å². The summed E-state index contributed by atoms with van der Waals surface area (Å²) < 4.78 is 0. The quantitative estimate of drug-likeness (QED) is 0.162. The molecule has 0 amide bonds. The van der Waals surface area contributed by atoms with Gasteiger partial charge in [0.1, 0.15) is 0 Å². The van der Waals surface area contributed by atoms with Gasteiger partial charge in [-0.25, -0.2) is 0 Å². The van der Waals surface area contributed by atoms with Gasteiger partial charge in [0.25, 0.3) is 0 Å². The molecule has 0 aromatic heterocycles. The first-order valence-electron chi connectivity index (χ1n) is 18.8. The minimum atomic E-state index is 1.24. The van der Waals surface area contributed by atoms with Gasteiger partial charge in [0.05, 0.1) is 0 Å². The Hall–Kier alpha value is -7.02. The number of fused-ring (bicyclic) bond motifs is 9. The van der Waals surface area contributed by atoms with Crippen molar-refractivity contribution in [3.8, 4) is 44.5 Å². The average Bonchev–Trinajstić information content (AvgIpc) is 3.75. The van der Waals surface area contributed by atoms with E-state index in [1.54, 1.807) is 0 Å². The zero-order valence-electron chi connectivity index (χ0n) is 29.5. The first-order chi connectivity index (χ1) is 26.8. The largest absolute Gasteiger partial charge is 0.0622 e. The van der Waals surface area contributed by atoms with Crippen LogP contribution in [0.25, 0.3) is 120 Å². The summed E-state index contributed by atoms with van der Waals surface area (Å²) in [6.45, 7) is 0. The highest BCUT2D eigenvalue weighted by Gasteiger charge is 2.22. The maximum atomic E-state index is 2.52. The molecule has 248 valence electrons. The molecule has 0 fully saturated rings. The summed E-state index contributed by atoms with van der Waals surface area (Å²) in [6, 6.07) is 72.2. The molecule has 0 radical (unpaired) electrons. The number of benzene rings is 10. The second-order valence-electron chi connectivity index (χ2n) is 14.8. The summed E-state index contributed by atoms with van der Waals surface area (Å²) in [6.07, 6.45) is 0. The minimum absolute atomic E-state index is 1.24. The van der Waals surface area contributed by atoms with Gasteiger partial charge in [-0.2, -0.15) is 0 Å². The van der Waals surface area contributed by atoms with E-state index in [4.69, 9.17) is 0 Å². The summed E-state index contributed by atoms with van der Waals surface area (Å²) >= 11 is 0. The predicted molar refractivity (Wildman–Crippen MR) is 233 cm³/mol. The van der Waals surface area contributed by atoms with Crippen LogP contribution in [0.4, 0.5) is 0 Å². The van der Waals surface area contributed by atoms with Gasteiger partial charge in [-0.1, -0.05) is 158 Å². The van der Waals surface area contributed by atoms with Crippen LogP contribution in [0.2, 0.25) is 0 Å². The molecule has 0 saturated heterocycles. The van der Waals surface area contributed by atoms with E-state index < -0.39 is 0 Å². The van der Waals surface area contributed by atoms with Crippen LogP contribution in [0.5, 0.6) is 0 Å². The number of rotatable bonds is 4. The molecule has 54 heavy (non-hydrogen) atoms. The molecule has 0 heterocycles. The summed E-state index contributed by atoms with van der Waals surface area (Å²) in [5.74, 6) is 0. The predicted octanol–water partition coefficient (Wildman–Crippen LogP) is 15.3. The standard InChI is InChI=1S/C54H32/c1-5-13-33(14-6-1)37-21-23-41-44(27-37)50-31-46-43-26-25-40(36-19-11-4-12-20-36)53-42-24-22-38(34-15-7-2-8-16-34)28-45(42)51(54(43)53)32-47(46)49-30-39(29-48(41)52(49)50)35-17-9-3-10-18-35/h1-32H. The molecule has 12 rings (SSSR count). The molecule has 0 N–H and O–H groups in total. The lowest BCUT2D eigenvalue weighted by Crippen LogP contribution is -1.86. The highest BCUT2D eigenvalue weighted by Crippen LogP contribution is 2.51. The van der Waals surface area contributed by atoms with E-state index in [2.05, 4.69) is 194 Å². The lowest BCUT2D eigenvalue weighted by molar-refractivity contribution is 1.65. The van der Waals surface area contributed by atoms with Crippen LogP contribution in [0.1, 0.15) is 0 Å². The van der Waals surface area contributed by atoms with E-state index in [9.17, 15) is 0 Å². The smallest absolute Gasteiger partial charge is 0.00137 e. The second kappa shape index (κ2) is 11.2. The molecule has 0 unspecified atom stereocenters. The van der Waals surface area contributed by atoms with E-state index >= 15 is 0 Å². The van der Waals surface area contributed by atoms with Crippen LogP contribution >= 0.6 is 0 Å². The fraction of sp³-hybridized carbons (Fsp3) is 0. The van der Waals surface area contributed by atoms with Crippen LogP contribution in [0, 0.1) is 0 Å². The molecule has 0 spiro atoms. The topological polar surface area (TPSA) is 0 Å². The molecular weight excluding hydrogens is 649 g/mol. The monoisotopic (exact) mass is 680 g/mol. The summed E-state index contributed by atoms with van der Waals surface area (Å²) in [5.41, 5.74) is 9.99. The Bertz CT molecular complexity index is 3380. The molecular formula is C54H32. The normalized spacial score (nSPS) is 12.1. The Morgan fingerprint density at radius 1 is 0.167 bits per heavy atom. The Morgan fingerprint density at radius 2 is 0.537 bits per heavy atom. The maximum Gasteiger partial charge on any atom is -0.00137 e. The van der Waals surface area contributed by atoms with Crippen molar-refractivity contribution in [3.05, 3.63) is 194 Å². The molecule has 0 heteroatoms. The summed E-state index contributed by atoms with van der Waals surface area (Å²) in [5, 5.41) is 18.5. The molecule has 0 atom stereocenters. The Balaban J connectivity index is 1.27. The third-order valence-electron chi connectivity index (χ3n) is 11.9. The zero-order valence-corrected chi connectivity index (χ0v) is 29.5. The third kappa shape index (κ3) is 4.20. The Kier molecular flexibility index (Phi) is 6.15. The first-order valence-corrected chi connectivity index (χ1v) is 18.8. The van der Waals surface area contributed by atoms with E-state index in [1.165, 1.54) is 120 Å². The Morgan fingerprint density at radius 3 is 1.13 bits per heavy atom. The minimum Gasteiger partial charge on any atom is -0.0622 e. The fourth-order valence-electron chi connectivity index (χ4n) is 9.47. The van der Waals surface area contributed by atoms with Crippen molar-refractivity contribution < 1.29 is 0 Å². The fourth-order valence-corrected chi connectivity index (χ4v) is 9.47. The van der Waals surface area contributed by atoms with Gasteiger partial charge in [0.15, 0.2) is 0 Å². The van der Waals surface area contributed by atoms with Gasteiger partial charge >= 0.3 is 0 Å². The highest BCUT2D eigenvalue weighted by molar-refractivity contribution is 6.42. The van der Waals surface area contributed by atoms with Crippen molar-refractivity contribution in [2.24, 2.45) is 0 Å².